The summed E-state index contributed by atoms with van der Waals surface area (Å²) in [5.41, 5.74) is 1.88. The van der Waals surface area contributed by atoms with E-state index in [1.54, 1.807) is 37.3 Å². The van der Waals surface area contributed by atoms with Gasteiger partial charge in [0.2, 0.25) is 0 Å². The molecule has 3 aromatic rings. The summed E-state index contributed by atoms with van der Waals surface area (Å²) in [4.78, 5) is 42.6. The fourth-order valence-electron chi connectivity index (χ4n) is 3.63. The normalized spacial score (nSPS) is 15.7. The molecule has 0 saturated carbocycles. The molecule has 0 radical (unpaired) electrons. The van der Waals surface area contributed by atoms with Crippen LogP contribution in [-0.4, -0.2) is 23.6 Å². The largest absolute Gasteiger partial charge is 0.466 e. The molecule has 0 bridgehead atoms. The lowest BCUT2D eigenvalue weighted by Gasteiger charge is -2.24. The third kappa shape index (κ3) is 3.92. The SMILES string of the molecule is COC(=O)C1=C(C)N=c2s/c(=C\c3ccccc3OC(C)=O)c(=O)n2[C@H]1c1ccccc1. The molecule has 4 rings (SSSR count). The van der Waals surface area contributed by atoms with Gasteiger partial charge in [-0.1, -0.05) is 59.9 Å². The number of hydrogen-bond donors (Lipinski definition) is 0. The van der Waals surface area contributed by atoms with Crippen LogP contribution in [0.25, 0.3) is 6.08 Å². The number of thiazole rings is 1. The number of carbonyl (C=O) groups is 2. The zero-order valence-corrected chi connectivity index (χ0v) is 18.5. The highest BCUT2D eigenvalue weighted by atomic mass is 32.1. The van der Waals surface area contributed by atoms with E-state index >= 15 is 0 Å². The third-order valence-electron chi connectivity index (χ3n) is 5.00. The first-order chi connectivity index (χ1) is 15.4. The maximum Gasteiger partial charge on any atom is 0.338 e. The maximum absolute atomic E-state index is 13.5. The van der Waals surface area contributed by atoms with Gasteiger partial charge in [-0.15, -0.1) is 0 Å². The second kappa shape index (κ2) is 8.76. The first kappa shape index (κ1) is 21.5. The Morgan fingerprint density at radius 1 is 1.09 bits per heavy atom. The lowest BCUT2D eigenvalue weighted by Crippen LogP contribution is -2.39. The second-order valence-electron chi connectivity index (χ2n) is 7.12. The zero-order valence-electron chi connectivity index (χ0n) is 17.7. The van der Waals surface area contributed by atoms with E-state index in [0.29, 0.717) is 31.9 Å². The van der Waals surface area contributed by atoms with Gasteiger partial charge in [0.15, 0.2) is 4.80 Å². The monoisotopic (exact) mass is 448 g/mol. The molecular formula is C24H20N2O5S. The smallest absolute Gasteiger partial charge is 0.338 e. The molecule has 1 aliphatic rings. The van der Waals surface area contributed by atoms with Crippen LogP contribution in [0.3, 0.4) is 0 Å². The number of rotatable bonds is 4. The van der Waals surface area contributed by atoms with Crippen molar-refractivity contribution in [3.8, 4) is 5.75 Å². The summed E-state index contributed by atoms with van der Waals surface area (Å²) in [5.74, 6) is -0.624. The molecule has 0 aliphatic carbocycles. The van der Waals surface area contributed by atoms with Crippen molar-refractivity contribution in [3.05, 3.63) is 96.7 Å². The Bertz CT molecular complexity index is 1420. The number of methoxy groups -OCH3 is 1. The quantitative estimate of drug-likeness (QED) is 0.452. The number of para-hydroxylation sites is 1. The van der Waals surface area contributed by atoms with Gasteiger partial charge < -0.3 is 9.47 Å². The fourth-order valence-corrected chi connectivity index (χ4v) is 4.67. The molecule has 2 aromatic carbocycles. The number of ether oxygens (including phenoxy) is 2. The topological polar surface area (TPSA) is 87.0 Å². The lowest BCUT2D eigenvalue weighted by atomic mass is 9.96. The van der Waals surface area contributed by atoms with Gasteiger partial charge in [0.25, 0.3) is 5.56 Å². The van der Waals surface area contributed by atoms with Crippen LogP contribution in [0.1, 0.15) is 31.0 Å². The van der Waals surface area contributed by atoms with E-state index in [1.165, 1.54) is 29.9 Å². The van der Waals surface area contributed by atoms with Gasteiger partial charge in [-0.25, -0.2) is 9.79 Å². The van der Waals surface area contributed by atoms with Gasteiger partial charge >= 0.3 is 11.9 Å². The molecule has 7 nitrogen and oxygen atoms in total. The highest BCUT2D eigenvalue weighted by molar-refractivity contribution is 7.07. The summed E-state index contributed by atoms with van der Waals surface area (Å²) in [6, 6.07) is 15.6. The molecule has 0 fully saturated rings. The standard InChI is InChI=1S/C24H20N2O5S/c1-14-20(23(29)30-3)21(16-9-5-4-6-10-16)26-22(28)19(32-24(26)25-14)13-17-11-7-8-12-18(17)31-15(2)27/h4-13,21H,1-3H3/b19-13-/t21-/m0/s1. The minimum absolute atomic E-state index is 0.297. The van der Waals surface area contributed by atoms with E-state index in [4.69, 9.17) is 9.47 Å². The predicted molar refractivity (Wildman–Crippen MR) is 120 cm³/mol. The number of hydrogen-bond acceptors (Lipinski definition) is 7. The Hall–Kier alpha value is -3.78. The Kier molecular flexibility index (Phi) is 5.87. The van der Waals surface area contributed by atoms with E-state index < -0.39 is 18.0 Å². The van der Waals surface area contributed by atoms with Crippen LogP contribution in [0.4, 0.5) is 0 Å². The first-order valence-electron chi connectivity index (χ1n) is 9.84. The molecule has 2 heterocycles. The van der Waals surface area contributed by atoms with Crippen LogP contribution in [-0.2, 0) is 14.3 Å². The molecule has 162 valence electrons. The number of esters is 2. The Morgan fingerprint density at radius 3 is 2.47 bits per heavy atom. The minimum atomic E-state index is -0.661. The molecule has 1 atom stereocenters. The maximum atomic E-state index is 13.5. The number of nitrogens with zero attached hydrogens (tertiary/aromatic N) is 2. The summed E-state index contributed by atoms with van der Waals surface area (Å²) in [6.45, 7) is 3.05. The van der Waals surface area contributed by atoms with Crippen molar-refractivity contribution >= 4 is 29.4 Å². The molecule has 1 aliphatic heterocycles. The molecule has 0 spiro atoms. The van der Waals surface area contributed by atoms with Gasteiger partial charge in [0.1, 0.15) is 5.75 Å². The van der Waals surface area contributed by atoms with Crippen molar-refractivity contribution < 1.29 is 19.1 Å². The van der Waals surface area contributed by atoms with E-state index in [2.05, 4.69) is 4.99 Å². The van der Waals surface area contributed by atoms with Crippen LogP contribution < -0.4 is 19.6 Å². The summed E-state index contributed by atoms with van der Waals surface area (Å²) >= 11 is 1.21. The van der Waals surface area contributed by atoms with Gasteiger partial charge in [-0.05, 0) is 24.6 Å². The molecule has 0 N–H and O–H groups in total. The van der Waals surface area contributed by atoms with Crippen molar-refractivity contribution in [2.24, 2.45) is 4.99 Å². The molecule has 32 heavy (non-hydrogen) atoms. The van der Waals surface area contributed by atoms with Crippen LogP contribution in [0.15, 0.2) is 75.7 Å². The summed E-state index contributed by atoms with van der Waals surface area (Å²) < 4.78 is 12.2. The van der Waals surface area contributed by atoms with Gasteiger partial charge in [0, 0.05) is 12.5 Å². The van der Waals surface area contributed by atoms with Crippen LogP contribution >= 0.6 is 11.3 Å². The average molecular weight is 449 g/mol. The number of benzene rings is 2. The van der Waals surface area contributed by atoms with Crippen LogP contribution in [0.5, 0.6) is 5.75 Å². The number of allylic oxidation sites excluding steroid dienone is 1. The highest BCUT2D eigenvalue weighted by Crippen LogP contribution is 2.30. The molecular weight excluding hydrogens is 428 g/mol. The van der Waals surface area contributed by atoms with Gasteiger partial charge in [-0.2, -0.15) is 0 Å². The Balaban J connectivity index is 1.95. The number of carbonyl (C=O) groups excluding carboxylic acids is 2. The number of fused-ring (bicyclic) bond motifs is 1. The van der Waals surface area contributed by atoms with E-state index in [1.807, 2.05) is 30.3 Å². The summed E-state index contributed by atoms with van der Waals surface area (Å²) in [6.07, 6.45) is 1.67. The molecule has 0 amide bonds. The van der Waals surface area contributed by atoms with Crippen molar-refractivity contribution in [2.45, 2.75) is 19.9 Å². The van der Waals surface area contributed by atoms with Gasteiger partial charge in [0.05, 0.1) is 29.0 Å². The van der Waals surface area contributed by atoms with E-state index in [9.17, 15) is 14.4 Å². The second-order valence-corrected chi connectivity index (χ2v) is 8.12. The molecule has 1 aromatic heterocycles. The predicted octanol–water partition coefficient (Wildman–Crippen LogP) is 2.33. The Labute approximate surface area is 187 Å². The fraction of sp³-hybridized carbons (Fsp3) is 0.167. The van der Waals surface area contributed by atoms with Crippen LogP contribution in [0, 0.1) is 0 Å². The first-order valence-corrected chi connectivity index (χ1v) is 10.7. The minimum Gasteiger partial charge on any atom is -0.466 e. The van der Waals surface area contributed by atoms with Crippen molar-refractivity contribution in [3.63, 3.8) is 0 Å². The van der Waals surface area contributed by atoms with Crippen LogP contribution in [0.2, 0.25) is 0 Å². The highest BCUT2D eigenvalue weighted by Gasteiger charge is 2.32. The number of aromatic nitrogens is 1. The van der Waals surface area contributed by atoms with E-state index in [-0.39, 0.29) is 5.56 Å². The van der Waals surface area contributed by atoms with Crippen molar-refractivity contribution in [1.82, 2.24) is 4.57 Å². The van der Waals surface area contributed by atoms with Crippen molar-refractivity contribution in [1.29, 1.82) is 0 Å². The molecule has 0 unspecified atom stereocenters. The summed E-state index contributed by atoms with van der Waals surface area (Å²) in [7, 11) is 1.31. The zero-order chi connectivity index (χ0) is 22.8. The molecule has 0 saturated heterocycles. The van der Waals surface area contributed by atoms with Crippen molar-refractivity contribution in [2.75, 3.05) is 7.11 Å². The van der Waals surface area contributed by atoms with E-state index in [0.717, 1.165) is 5.56 Å². The molecule has 8 heteroatoms. The van der Waals surface area contributed by atoms with Gasteiger partial charge in [-0.3, -0.25) is 14.2 Å². The average Bonchev–Trinajstić information content (AvgIpc) is 3.08. The summed E-state index contributed by atoms with van der Waals surface area (Å²) in [5, 5.41) is 0. The third-order valence-corrected chi connectivity index (χ3v) is 5.98. The Morgan fingerprint density at radius 2 is 1.78 bits per heavy atom. The lowest BCUT2D eigenvalue weighted by molar-refractivity contribution is -0.136.